The molecule has 1 aliphatic heterocycles. The van der Waals surface area contributed by atoms with Gasteiger partial charge < -0.3 is 15.1 Å². The summed E-state index contributed by atoms with van der Waals surface area (Å²) in [5.41, 5.74) is 3.08. The SMILES string of the molecule is Cc1ccccc1CNC(=O)c1nc(C(=O)N2CCN(C)CC2)n2ccccc12. The summed E-state index contributed by atoms with van der Waals surface area (Å²) in [6.45, 7) is 5.41. The number of rotatable bonds is 4. The maximum atomic E-state index is 13.1. The topological polar surface area (TPSA) is 70.0 Å². The number of amides is 2. The van der Waals surface area contributed by atoms with Crippen LogP contribution in [-0.2, 0) is 6.54 Å². The van der Waals surface area contributed by atoms with E-state index in [0.29, 0.717) is 25.2 Å². The lowest BCUT2D eigenvalue weighted by molar-refractivity contribution is 0.0651. The fraction of sp³-hybridized carbons (Fsp3) is 0.318. The van der Waals surface area contributed by atoms with Crippen molar-refractivity contribution in [3.63, 3.8) is 0 Å². The highest BCUT2D eigenvalue weighted by atomic mass is 16.2. The molecule has 1 N–H and O–H groups in total. The highest BCUT2D eigenvalue weighted by molar-refractivity contribution is 6.02. The first kappa shape index (κ1) is 19.1. The van der Waals surface area contributed by atoms with Crippen LogP contribution in [0.2, 0.25) is 0 Å². The molecule has 1 saturated heterocycles. The largest absolute Gasteiger partial charge is 0.347 e. The van der Waals surface area contributed by atoms with Crippen LogP contribution < -0.4 is 5.32 Å². The van der Waals surface area contributed by atoms with Crippen LogP contribution in [0.5, 0.6) is 0 Å². The summed E-state index contributed by atoms with van der Waals surface area (Å²) in [5.74, 6) is -0.141. The van der Waals surface area contributed by atoms with E-state index in [-0.39, 0.29) is 23.3 Å². The zero-order chi connectivity index (χ0) is 20.4. The molecule has 1 aromatic carbocycles. The molecule has 3 aromatic rings. The molecule has 3 heterocycles. The Labute approximate surface area is 169 Å². The van der Waals surface area contributed by atoms with Crippen molar-refractivity contribution in [2.24, 2.45) is 0 Å². The number of aryl methyl sites for hydroxylation is 1. The summed E-state index contributed by atoms with van der Waals surface area (Å²) in [5, 5.41) is 2.94. The first-order chi connectivity index (χ1) is 14.0. The van der Waals surface area contributed by atoms with Crippen molar-refractivity contribution < 1.29 is 9.59 Å². The fourth-order valence-corrected chi connectivity index (χ4v) is 3.57. The van der Waals surface area contributed by atoms with Gasteiger partial charge in [0, 0.05) is 38.9 Å². The molecule has 4 rings (SSSR count). The lowest BCUT2D eigenvalue weighted by Crippen LogP contribution is -2.47. The number of carbonyl (C=O) groups excluding carboxylic acids is 2. The molecule has 7 nitrogen and oxygen atoms in total. The third kappa shape index (κ3) is 3.86. The number of nitrogens with one attached hydrogen (secondary N) is 1. The quantitative estimate of drug-likeness (QED) is 0.738. The molecule has 0 saturated carbocycles. The molecule has 0 aliphatic carbocycles. The Morgan fingerprint density at radius 2 is 1.76 bits per heavy atom. The zero-order valence-electron chi connectivity index (χ0n) is 16.8. The number of hydrogen-bond acceptors (Lipinski definition) is 4. The van der Waals surface area contributed by atoms with Gasteiger partial charge in [-0.25, -0.2) is 4.98 Å². The van der Waals surface area contributed by atoms with Crippen LogP contribution in [0.1, 0.15) is 32.2 Å². The van der Waals surface area contributed by atoms with Crippen LogP contribution in [0.4, 0.5) is 0 Å². The molecule has 0 radical (unpaired) electrons. The number of aromatic nitrogens is 2. The Bertz CT molecular complexity index is 1050. The highest BCUT2D eigenvalue weighted by Gasteiger charge is 2.27. The van der Waals surface area contributed by atoms with Crippen molar-refractivity contribution in [3.8, 4) is 0 Å². The predicted octanol–water partition coefficient (Wildman–Crippen LogP) is 1.96. The van der Waals surface area contributed by atoms with Crippen LogP contribution >= 0.6 is 0 Å². The van der Waals surface area contributed by atoms with Crippen LogP contribution in [0.3, 0.4) is 0 Å². The highest BCUT2D eigenvalue weighted by Crippen LogP contribution is 2.16. The Balaban J connectivity index is 1.59. The summed E-state index contributed by atoms with van der Waals surface area (Å²) in [6, 6.07) is 13.4. The molecule has 150 valence electrons. The van der Waals surface area contributed by atoms with Gasteiger partial charge in [0.1, 0.15) is 0 Å². The van der Waals surface area contributed by atoms with Crippen molar-refractivity contribution in [2.45, 2.75) is 13.5 Å². The lowest BCUT2D eigenvalue weighted by Gasteiger charge is -2.31. The fourth-order valence-electron chi connectivity index (χ4n) is 3.57. The molecule has 0 spiro atoms. The summed E-state index contributed by atoms with van der Waals surface area (Å²) in [4.78, 5) is 34.4. The minimum atomic E-state index is -0.283. The number of fused-ring (bicyclic) bond motifs is 1. The van der Waals surface area contributed by atoms with Gasteiger partial charge in [0.05, 0.1) is 5.52 Å². The van der Waals surface area contributed by atoms with Gasteiger partial charge in [-0.15, -0.1) is 0 Å². The Kier molecular flexibility index (Phi) is 5.31. The lowest BCUT2D eigenvalue weighted by atomic mass is 10.1. The number of carbonyl (C=O) groups is 2. The number of pyridine rings is 1. The van der Waals surface area contributed by atoms with Gasteiger partial charge >= 0.3 is 0 Å². The van der Waals surface area contributed by atoms with Crippen LogP contribution in [0.25, 0.3) is 5.52 Å². The van der Waals surface area contributed by atoms with E-state index in [2.05, 4.69) is 15.2 Å². The number of imidazole rings is 1. The average Bonchev–Trinajstić information content (AvgIpc) is 3.13. The molecule has 7 heteroatoms. The van der Waals surface area contributed by atoms with E-state index >= 15 is 0 Å². The second-order valence-corrected chi connectivity index (χ2v) is 7.44. The number of piperazine rings is 1. The van der Waals surface area contributed by atoms with Crippen LogP contribution in [0.15, 0.2) is 48.7 Å². The monoisotopic (exact) mass is 391 g/mol. The van der Waals surface area contributed by atoms with Gasteiger partial charge in [-0.2, -0.15) is 0 Å². The standard InChI is InChI=1S/C22H25N5O2/c1-16-7-3-4-8-17(16)15-23-21(28)19-18-9-5-6-10-27(18)20(24-19)22(29)26-13-11-25(2)12-14-26/h3-10H,11-15H2,1-2H3,(H,23,28). The van der Waals surface area contributed by atoms with E-state index in [0.717, 1.165) is 24.2 Å². The molecule has 2 amide bonds. The van der Waals surface area contributed by atoms with Gasteiger partial charge in [-0.1, -0.05) is 30.3 Å². The van der Waals surface area contributed by atoms with Crippen molar-refractivity contribution in [2.75, 3.05) is 33.2 Å². The minimum Gasteiger partial charge on any atom is -0.347 e. The van der Waals surface area contributed by atoms with Gasteiger partial charge in [-0.05, 0) is 37.2 Å². The average molecular weight is 391 g/mol. The molecule has 0 unspecified atom stereocenters. The minimum absolute atomic E-state index is 0.141. The van der Waals surface area contributed by atoms with Gasteiger partial charge in [0.25, 0.3) is 11.8 Å². The Morgan fingerprint density at radius 1 is 1.03 bits per heavy atom. The summed E-state index contributed by atoms with van der Waals surface area (Å²) >= 11 is 0. The summed E-state index contributed by atoms with van der Waals surface area (Å²) < 4.78 is 1.71. The van der Waals surface area contributed by atoms with E-state index in [4.69, 9.17) is 0 Å². The first-order valence-corrected chi connectivity index (χ1v) is 9.82. The van der Waals surface area contributed by atoms with Crippen LogP contribution in [0, 0.1) is 6.92 Å². The third-order valence-electron chi connectivity index (χ3n) is 5.45. The number of benzene rings is 1. The first-order valence-electron chi connectivity index (χ1n) is 9.82. The summed E-state index contributed by atoms with van der Waals surface area (Å²) in [6.07, 6.45) is 1.78. The van der Waals surface area contributed by atoms with Crippen molar-refractivity contribution >= 4 is 17.3 Å². The van der Waals surface area contributed by atoms with Gasteiger partial charge in [0.15, 0.2) is 5.69 Å². The van der Waals surface area contributed by atoms with Gasteiger partial charge in [0.2, 0.25) is 5.82 Å². The number of nitrogens with zero attached hydrogens (tertiary/aromatic N) is 4. The smallest absolute Gasteiger partial charge is 0.290 e. The van der Waals surface area contributed by atoms with Gasteiger partial charge in [-0.3, -0.25) is 14.0 Å². The molecule has 2 aromatic heterocycles. The second-order valence-electron chi connectivity index (χ2n) is 7.44. The van der Waals surface area contributed by atoms with E-state index in [1.54, 1.807) is 15.5 Å². The van der Waals surface area contributed by atoms with E-state index in [9.17, 15) is 9.59 Å². The second kappa shape index (κ2) is 8.05. The van der Waals surface area contributed by atoms with E-state index in [1.165, 1.54) is 0 Å². The molecule has 1 fully saturated rings. The van der Waals surface area contributed by atoms with Crippen molar-refractivity contribution in [1.29, 1.82) is 0 Å². The number of likely N-dealkylation sites (N-methyl/N-ethyl adjacent to an activating group) is 1. The molecule has 0 bridgehead atoms. The van der Waals surface area contributed by atoms with Crippen LogP contribution in [-0.4, -0.2) is 64.2 Å². The van der Waals surface area contributed by atoms with Crippen molar-refractivity contribution in [1.82, 2.24) is 24.5 Å². The van der Waals surface area contributed by atoms with Crippen molar-refractivity contribution in [3.05, 3.63) is 71.3 Å². The Morgan fingerprint density at radius 3 is 2.52 bits per heavy atom. The molecule has 0 atom stereocenters. The zero-order valence-corrected chi connectivity index (χ0v) is 16.8. The number of hydrogen-bond donors (Lipinski definition) is 1. The molecule has 29 heavy (non-hydrogen) atoms. The molecular formula is C22H25N5O2. The predicted molar refractivity (Wildman–Crippen MR) is 111 cm³/mol. The maximum absolute atomic E-state index is 13.1. The van der Waals surface area contributed by atoms with E-state index in [1.807, 2.05) is 56.4 Å². The Hall–Kier alpha value is -3.19. The normalized spacial score (nSPS) is 14.9. The summed E-state index contributed by atoms with van der Waals surface area (Å²) in [7, 11) is 2.05. The third-order valence-corrected chi connectivity index (χ3v) is 5.45. The van der Waals surface area contributed by atoms with E-state index < -0.39 is 0 Å². The molecular weight excluding hydrogens is 366 g/mol. The maximum Gasteiger partial charge on any atom is 0.290 e. The molecule has 1 aliphatic rings.